The number of benzene rings is 1. The van der Waals surface area contributed by atoms with E-state index in [-0.39, 0.29) is 18.1 Å². The summed E-state index contributed by atoms with van der Waals surface area (Å²) in [4.78, 5) is 23.6. The van der Waals surface area contributed by atoms with Gasteiger partial charge in [-0.2, -0.15) is 0 Å². The normalized spacial score (nSPS) is 32.2. The van der Waals surface area contributed by atoms with E-state index in [9.17, 15) is 14.7 Å². The van der Waals surface area contributed by atoms with Gasteiger partial charge in [-0.05, 0) is 25.0 Å². The first-order valence-corrected chi connectivity index (χ1v) is 6.41. The Hall–Kier alpha value is -1.88. The van der Waals surface area contributed by atoms with Crippen LogP contribution in [0.4, 0.5) is 5.69 Å². The summed E-state index contributed by atoms with van der Waals surface area (Å²) in [5, 5.41) is 12.0. The van der Waals surface area contributed by atoms with Crippen molar-refractivity contribution in [3.8, 4) is 0 Å². The van der Waals surface area contributed by atoms with Crippen LogP contribution in [0.25, 0.3) is 0 Å². The van der Waals surface area contributed by atoms with Crippen molar-refractivity contribution in [1.82, 2.24) is 0 Å². The zero-order valence-electron chi connectivity index (χ0n) is 10.3. The summed E-state index contributed by atoms with van der Waals surface area (Å²) in [6.07, 6.45) is 0.932. The quantitative estimate of drug-likeness (QED) is 0.864. The van der Waals surface area contributed by atoms with Gasteiger partial charge >= 0.3 is 5.97 Å². The Bertz CT molecular complexity index is 501. The van der Waals surface area contributed by atoms with E-state index in [4.69, 9.17) is 4.74 Å². The number of para-hydroxylation sites is 1. The predicted molar refractivity (Wildman–Crippen MR) is 67.6 cm³/mol. The van der Waals surface area contributed by atoms with Crippen molar-refractivity contribution in [2.45, 2.75) is 25.0 Å². The number of amides is 1. The molecule has 2 heterocycles. The number of aliphatic carboxylic acids is 1. The fraction of sp³-hybridized carbons (Fsp3) is 0.429. The average molecular weight is 261 g/mol. The average Bonchev–Trinajstić information content (AvgIpc) is 2.99. The summed E-state index contributed by atoms with van der Waals surface area (Å²) in [5.41, 5.74) is 0.680. The topological polar surface area (TPSA) is 75.6 Å². The number of anilines is 1. The van der Waals surface area contributed by atoms with E-state index in [0.29, 0.717) is 5.69 Å². The third-order valence-corrected chi connectivity index (χ3v) is 3.90. The molecule has 0 saturated carbocycles. The Labute approximate surface area is 110 Å². The van der Waals surface area contributed by atoms with Gasteiger partial charge in [0.15, 0.2) is 0 Å². The van der Waals surface area contributed by atoms with Gasteiger partial charge in [-0.3, -0.25) is 9.59 Å². The maximum atomic E-state index is 12.3. The van der Waals surface area contributed by atoms with E-state index in [0.717, 1.165) is 12.8 Å². The summed E-state index contributed by atoms with van der Waals surface area (Å²) in [6, 6.07) is 9.06. The molecule has 0 aromatic heterocycles. The molecule has 100 valence electrons. The molecule has 2 saturated heterocycles. The van der Waals surface area contributed by atoms with Crippen molar-refractivity contribution < 1.29 is 19.4 Å². The summed E-state index contributed by atoms with van der Waals surface area (Å²) in [6.45, 7) is 0. The van der Waals surface area contributed by atoms with Gasteiger partial charge in [-0.15, -0.1) is 0 Å². The molecule has 5 heteroatoms. The van der Waals surface area contributed by atoms with Gasteiger partial charge in [0.05, 0.1) is 24.0 Å². The number of rotatable bonds is 3. The second kappa shape index (κ2) is 4.66. The van der Waals surface area contributed by atoms with Crippen LogP contribution >= 0.6 is 0 Å². The van der Waals surface area contributed by atoms with Gasteiger partial charge in [-0.25, -0.2) is 0 Å². The second-order valence-corrected chi connectivity index (χ2v) is 5.04. The number of ether oxygens (including phenoxy) is 1. The standard InChI is InChI=1S/C14H15NO4/c16-13(15-8-4-2-1-3-5-8)11-9-6-7-10(19-9)12(11)14(17)18/h1-5,9-12H,6-7H2,(H,15,16)(H,17,18)/t9-,10-,11+,12-/m0/s1. The lowest BCUT2D eigenvalue weighted by atomic mass is 9.78. The summed E-state index contributed by atoms with van der Waals surface area (Å²) < 4.78 is 5.58. The van der Waals surface area contributed by atoms with E-state index in [1.807, 2.05) is 18.2 Å². The van der Waals surface area contributed by atoms with Crippen molar-refractivity contribution in [3.05, 3.63) is 30.3 Å². The molecule has 1 aromatic carbocycles. The van der Waals surface area contributed by atoms with Crippen LogP contribution < -0.4 is 5.32 Å². The molecule has 2 bridgehead atoms. The van der Waals surface area contributed by atoms with Crippen molar-refractivity contribution in [2.24, 2.45) is 11.8 Å². The number of carbonyl (C=O) groups excluding carboxylic acids is 1. The van der Waals surface area contributed by atoms with Gasteiger partial charge in [0.1, 0.15) is 0 Å². The lowest BCUT2D eigenvalue weighted by molar-refractivity contribution is -0.147. The lowest BCUT2D eigenvalue weighted by Gasteiger charge is -2.23. The van der Waals surface area contributed by atoms with Crippen LogP contribution in [0.3, 0.4) is 0 Å². The number of nitrogens with one attached hydrogen (secondary N) is 1. The third kappa shape index (κ3) is 2.10. The first-order chi connectivity index (χ1) is 9.16. The Kier molecular flexibility index (Phi) is 2.98. The molecule has 0 radical (unpaired) electrons. The minimum Gasteiger partial charge on any atom is -0.481 e. The zero-order valence-corrected chi connectivity index (χ0v) is 10.3. The van der Waals surface area contributed by atoms with Crippen molar-refractivity contribution in [1.29, 1.82) is 0 Å². The molecule has 1 amide bonds. The molecule has 1 aromatic rings. The Morgan fingerprint density at radius 2 is 1.74 bits per heavy atom. The van der Waals surface area contributed by atoms with E-state index in [1.54, 1.807) is 12.1 Å². The molecule has 0 aliphatic carbocycles. The Morgan fingerprint density at radius 3 is 2.37 bits per heavy atom. The van der Waals surface area contributed by atoms with Crippen LogP contribution in [0.15, 0.2) is 30.3 Å². The van der Waals surface area contributed by atoms with Crippen LogP contribution in [0.2, 0.25) is 0 Å². The number of hydrogen-bond donors (Lipinski definition) is 2. The van der Waals surface area contributed by atoms with Gasteiger partial charge in [0, 0.05) is 5.69 Å². The van der Waals surface area contributed by atoms with Crippen molar-refractivity contribution in [2.75, 3.05) is 5.32 Å². The van der Waals surface area contributed by atoms with E-state index >= 15 is 0 Å². The SMILES string of the molecule is O=C(O)[C@@H]1[C@H](C(=O)Nc2ccccc2)[C@@H]2CC[C@@H]1O2. The zero-order chi connectivity index (χ0) is 13.4. The largest absolute Gasteiger partial charge is 0.481 e. The molecule has 4 atom stereocenters. The molecule has 19 heavy (non-hydrogen) atoms. The number of hydrogen-bond acceptors (Lipinski definition) is 3. The van der Waals surface area contributed by atoms with Crippen LogP contribution in [0.5, 0.6) is 0 Å². The molecule has 5 nitrogen and oxygen atoms in total. The molecule has 2 aliphatic rings. The molecule has 0 unspecified atom stereocenters. The first-order valence-electron chi connectivity index (χ1n) is 6.41. The van der Waals surface area contributed by atoms with E-state index < -0.39 is 17.8 Å². The molecule has 2 fully saturated rings. The fourth-order valence-electron chi connectivity index (χ4n) is 3.07. The third-order valence-electron chi connectivity index (χ3n) is 3.90. The smallest absolute Gasteiger partial charge is 0.310 e. The maximum absolute atomic E-state index is 12.3. The van der Waals surface area contributed by atoms with Crippen molar-refractivity contribution >= 4 is 17.6 Å². The number of carbonyl (C=O) groups is 2. The highest BCUT2D eigenvalue weighted by Crippen LogP contribution is 2.44. The summed E-state index contributed by atoms with van der Waals surface area (Å²) >= 11 is 0. The monoisotopic (exact) mass is 261 g/mol. The fourth-order valence-corrected chi connectivity index (χ4v) is 3.07. The van der Waals surface area contributed by atoms with Crippen LogP contribution in [-0.4, -0.2) is 29.2 Å². The maximum Gasteiger partial charge on any atom is 0.310 e. The van der Waals surface area contributed by atoms with Gasteiger partial charge in [0.2, 0.25) is 5.91 Å². The van der Waals surface area contributed by atoms with Crippen LogP contribution in [-0.2, 0) is 14.3 Å². The summed E-state index contributed by atoms with van der Waals surface area (Å²) in [7, 11) is 0. The number of carboxylic acid groups (broad SMARTS) is 1. The molecular formula is C14H15NO4. The lowest BCUT2D eigenvalue weighted by Crippen LogP contribution is -2.40. The van der Waals surface area contributed by atoms with Gasteiger partial charge in [0.25, 0.3) is 0 Å². The van der Waals surface area contributed by atoms with Crippen LogP contribution in [0.1, 0.15) is 12.8 Å². The van der Waals surface area contributed by atoms with Crippen LogP contribution in [0, 0.1) is 11.8 Å². The van der Waals surface area contributed by atoms with E-state index in [2.05, 4.69) is 5.32 Å². The molecule has 3 rings (SSSR count). The highest BCUT2D eigenvalue weighted by atomic mass is 16.5. The number of fused-ring (bicyclic) bond motifs is 2. The molecule has 0 spiro atoms. The second-order valence-electron chi connectivity index (χ2n) is 5.04. The highest BCUT2D eigenvalue weighted by molar-refractivity contribution is 5.96. The summed E-state index contributed by atoms with van der Waals surface area (Å²) in [5.74, 6) is -2.51. The highest BCUT2D eigenvalue weighted by Gasteiger charge is 2.55. The molecule has 2 aliphatic heterocycles. The van der Waals surface area contributed by atoms with Gasteiger partial charge < -0.3 is 15.2 Å². The number of carboxylic acids is 1. The Morgan fingerprint density at radius 1 is 1.11 bits per heavy atom. The molecular weight excluding hydrogens is 246 g/mol. The molecule has 2 N–H and O–H groups in total. The predicted octanol–water partition coefficient (Wildman–Crippen LogP) is 1.50. The van der Waals surface area contributed by atoms with E-state index in [1.165, 1.54) is 0 Å². The Balaban J connectivity index is 1.77. The minimum atomic E-state index is -0.944. The first kappa shape index (κ1) is 12.2. The van der Waals surface area contributed by atoms with Crippen molar-refractivity contribution in [3.63, 3.8) is 0 Å². The van der Waals surface area contributed by atoms with Gasteiger partial charge in [-0.1, -0.05) is 18.2 Å². The minimum absolute atomic E-state index is 0.255.